The third-order valence-electron chi connectivity index (χ3n) is 3.80. The van der Waals surface area contributed by atoms with Crippen molar-refractivity contribution in [2.45, 2.75) is 26.9 Å². The van der Waals surface area contributed by atoms with E-state index in [4.69, 9.17) is 4.74 Å². The molecule has 0 aromatic carbocycles. The molecule has 0 amide bonds. The Bertz CT molecular complexity index is 628. The fourth-order valence-electron chi connectivity index (χ4n) is 2.91. The van der Waals surface area contributed by atoms with E-state index in [0.717, 1.165) is 48.8 Å². The van der Waals surface area contributed by atoms with Gasteiger partial charge in [-0.2, -0.15) is 0 Å². The lowest BCUT2D eigenvalue weighted by atomic mass is 10.2. The number of ether oxygens (including phenoxy) is 1. The zero-order valence-corrected chi connectivity index (χ0v) is 14.3. The van der Waals surface area contributed by atoms with E-state index in [1.807, 2.05) is 0 Å². The molecule has 0 radical (unpaired) electrons. The van der Waals surface area contributed by atoms with Crippen molar-refractivity contribution in [1.82, 2.24) is 14.9 Å². The molecule has 0 bridgehead atoms. The van der Waals surface area contributed by atoms with Gasteiger partial charge in [-0.15, -0.1) is 11.3 Å². The van der Waals surface area contributed by atoms with Crippen LogP contribution in [0.15, 0.2) is 12.4 Å². The predicted molar refractivity (Wildman–Crippen MR) is 91.7 cm³/mol. The van der Waals surface area contributed by atoms with Crippen LogP contribution in [0.3, 0.4) is 0 Å². The average Bonchev–Trinajstić information content (AvgIpc) is 2.85. The van der Waals surface area contributed by atoms with E-state index in [-0.39, 0.29) is 6.10 Å². The normalized spacial score (nSPS) is 19.9. The molecule has 1 aliphatic heterocycles. The molecule has 2 aromatic heterocycles. The van der Waals surface area contributed by atoms with Gasteiger partial charge in [0.15, 0.2) is 0 Å². The number of aromatic nitrogens is 2. The molecule has 1 atom stereocenters. The average molecular weight is 320 g/mol. The number of nitrogens with one attached hydrogen (secondary N) is 1. The van der Waals surface area contributed by atoms with Gasteiger partial charge < -0.3 is 10.1 Å². The van der Waals surface area contributed by atoms with Crippen molar-refractivity contribution in [1.29, 1.82) is 0 Å². The van der Waals surface area contributed by atoms with Gasteiger partial charge in [-0.05, 0) is 18.9 Å². The quantitative estimate of drug-likeness (QED) is 0.918. The number of thiophene rings is 1. The molecule has 0 saturated carbocycles. The second-order valence-electron chi connectivity index (χ2n) is 6.33. The second-order valence-corrected chi connectivity index (χ2v) is 7.56. The fraction of sp³-hybridized carbons (Fsp3) is 0.625. The molecule has 1 fully saturated rings. The van der Waals surface area contributed by atoms with Crippen LogP contribution in [0.2, 0.25) is 0 Å². The summed E-state index contributed by atoms with van der Waals surface area (Å²) in [5, 5.41) is 4.56. The van der Waals surface area contributed by atoms with Gasteiger partial charge in [0.25, 0.3) is 0 Å². The summed E-state index contributed by atoms with van der Waals surface area (Å²) in [6.45, 7) is 11.4. The highest BCUT2D eigenvalue weighted by Gasteiger charge is 2.21. The Morgan fingerprint density at radius 3 is 3.14 bits per heavy atom. The minimum Gasteiger partial charge on any atom is -0.374 e. The van der Waals surface area contributed by atoms with Gasteiger partial charge in [0.2, 0.25) is 0 Å². The summed E-state index contributed by atoms with van der Waals surface area (Å²) in [4.78, 5) is 13.5. The van der Waals surface area contributed by atoms with Crippen LogP contribution in [0.5, 0.6) is 0 Å². The third kappa shape index (κ3) is 3.74. The van der Waals surface area contributed by atoms with E-state index >= 15 is 0 Å². The van der Waals surface area contributed by atoms with E-state index < -0.39 is 0 Å². The molecule has 6 heteroatoms. The highest BCUT2D eigenvalue weighted by molar-refractivity contribution is 7.18. The lowest BCUT2D eigenvalue weighted by molar-refractivity contribution is -0.0244. The van der Waals surface area contributed by atoms with Crippen molar-refractivity contribution < 1.29 is 4.74 Å². The zero-order valence-electron chi connectivity index (χ0n) is 13.5. The van der Waals surface area contributed by atoms with Gasteiger partial charge in [0.05, 0.1) is 18.1 Å². The van der Waals surface area contributed by atoms with Crippen LogP contribution < -0.4 is 5.32 Å². The summed E-state index contributed by atoms with van der Waals surface area (Å²) in [7, 11) is 0. The SMILES string of the molecule is Cc1cc2c(NCC3CN(CC(C)C)CCO3)ncnc2s1. The number of rotatable bonds is 5. The summed E-state index contributed by atoms with van der Waals surface area (Å²) in [6.07, 6.45) is 1.85. The molecular weight excluding hydrogens is 296 g/mol. The maximum Gasteiger partial charge on any atom is 0.138 e. The number of fused-ring (bicyclic) bond motifs is 1. The first-order valence-corrected chi connectivity index (χ1v) is 8.72. The topological polar surface area (TPSA) is 50.3 Å². The van der Waals surface area contributed by atoms with Crippen molar-refractivity contribution in [3.8, 4) is 0 Å². The Balaban J connectivity index is 1.61. The molecule has 1 unspecified atom stereocenters. The number of aryl methyl sites for hydroxylation is 1. The van der Waals surface area contributed by atoms with E-state index in [9.17, 15) is 0 Å². The number of hydrogen-bond acceptors (Lipinski definition) is 6. The van der Waals surface area contributed by atoms with Gasteiger partial charge >= 0.3 is 0 Å². The Morgan fingerprint density at radius 1 is 1.45 bits per heavy atom. The molecule has 3 rings (SSSR count). The van der Waals surface area contributed by atoms with Gasteiger partial charge in [-0.1, -0.05) is 13.8 Å². The monoisotopic (exact) mass is 320 g/mol. The van der Waals surface area contributed by atoms with Crippen LogP contribution in [-0.4, -0.2) is 53.8 Å². The molecule has 120 valence electrons. The maximum absolute atomic E-state index is 5.88. The molecule has 3 heterocycles. The molecule has 1 saturated heterocycles. The Hall–Kier alpha value is -1.24. The number of nitrogens with zero attached hydrogens (tertiary/aromatic N) is 3. The predicted octanol–water partition coefficient (Wildman–Crippen LogP) is 2.77. The summed E-state index contributed by atoms with van der Waals surface area (Å²) in [5.41, 5.74) is 0. The van der Waals surface area contributed by atoms with Crippen molar-refractivity contribution in [2.75, 3.05) is 38.1 Å². The Morgan fingerprint density at radius 2 is 2.32 bits per heavy atom. The van der Waals surface area contributed by atoms with E-state index in [0.29, 0.717) is 5.92 Å². The first-order valence-electron chi connectivity index (χ1n) is 7.91. The van der Waals surface area contributed by atoms with E-state index in [2.05, 4.69) is 47.0 Å². The maximum atomic E-state index is 5.88. The second kappa shape index (κ2) is 6.89. The largest absolute Gasteiger partial charge is 0.374 e. The smallest absolute Gasteiger partial charge is 0.138 e. The summed E-state index contributed by atoms with van der Waals surface area (Å²) in [6, 6.07) is 2.15. The van der Waals surface area contributed by atoms with Gasteiger partial charge in [0.1, 0.15) is 17.0 Å². The van der Waals surface area contributed by atoms with Crippen LogP contribution in [0.4, 0.5) is 5.82 Å². The molecule has 22 heavy (non-hydrogen) atoms. The summed E-state index contributed by atoms with van der Waals surface area (Å²) >= 11 is 1.70. The lowest BCUT2D eigenvalue weighted by Gasteiger charge is -2.34. The van der Waals surface area contributed by atoms with Crippen LogP contribution in [-0.2, 0) is 4.74 Å². The molecule has 1 N–H and O–H groups in total. The number of morpholine rings is 1. The fourth-order valence-corrected chi connectivity index (χ4v) is 3.76. The van der Waals surface area contributed by atoms with Crippen molar-refractivity contribution in [3.63, 3.8) is 0 Å². The molecule has 0 spiro atoms. The minimum absolute atomic E-state index is 0.220. The van der Waals surface area contributed by atoms with Crippen molar-refractivity contribution >= 4 is 27.4 Å². The van der Waals surface area contributed by atoms with Crippen LogP contribution in [0.25, 0.3) is 10.2 Å². The highest BCUT2D eigenvalue weighted by atomic mass is 32.1. The molecule has 5 nitrogen and oxygen atoms in total. The number of hydrogen-bond donors (Lipinski definition) is 1. The van der Waals surface area contributed by atoms with Crippen molar-refractivity contribution in [2.24, 2.45) is 5.92 Å². The summed E-state index contributed by atoms with van der Waals surface area (Å²) in [5.74, 6) is 1.61. The van der Waals surface area contributed by atoms with E-state index in [1.165, 1.54) is 4.88 Å². The minimum atomic E-state index is 0.220. The van der Waals surface area contributed by atoms with Gasteiger partial charge in [-0.3, -0.25) is 4.90 Å². The first kappa shape index (κ1) is 15.6. The molecule has 2 aromatic rings. The molecule has 0 aliphatic carbocycles. The Kier molecular flexibility index (Phi) is 4.90. The summed E-state index contributed by atoms with van der Waals surface area (Å²) < 4.78 is 5.88. The van der Waals surface area contributed by atoms with Gasteiger partial charge in [-0.25, -0.2) is 9.97 Å². The van der Waals surface area contributed by atoms with E-state index in [1.54, 1.807) is 17.7 Å². The molecule has 1 aliphatic rings. The van der Waals surface area contributed by atoms with Crippen LogP contribution in [0, 0.1) is 12.8 Å². The van der Waals surface area contributed by atoms with Crippen LogP contribution in [0.1, 0.15) is 18.7 Å². The number of anilines is 1. The Labute approximate surface area is 135 Å². The molecular formula is C16H24N4OS. The van der Waals surface area contributed by atoms with Crippen LogP contribution >= 0.6 is 11.3 Å². The lowest BCUT2D eigenvalue weighted by Crippen LogP contribution is -2.46. The van der Waals surface area contributed by atoms with Gasteiger partial charge in [0, 0.05) is 31.1 Å². The zero-order chi connectivity index (χ0) is 15.5. The third-order valence-corrected chi connectivity index (χ3v) is 4.75. The standard InChI is InChI=1S/C16H24N4OS/c1-11(2)8-20-4-5-21-13(9-20)7-17-15-14-6-12(3)22-16(14)19-10-18-15/h6,10-11,13H,4-5,7-9H2,1-3H3,(H,17,18,19). The first-order chi connectivity index (χ1) is 10.6. The van der Waals surface area contributed by atoms with Crippen molar-refractivity contribution in [3.05, 3.63) is 17.3 Å². The highest BCUT2D eigenvalue weighted by Crippen LogP contribution is 2.27.